The molecule has 0 aliphatic carbocycles. The maximum Gasteiger partial charge on any atom is 0.124 e. The van der Waals surface area contributed by atoms with Crippen molar-refractivity contribution in [3.05, 3.63) is 38.8 Å². The number of halogens is 1. The smallest absolute Gasteiger partial charge is 0.124 e. The summed E-state index contributed by atoms with van der Waals surface area (Å²) in [6, 6.07) is 6.41. The Morgan fingerprint density at radius 2 is 2.10 bits per heavy atom. The fourth-order valence-electron chi connectivity index (χ4n) is 2.29. The molecule has 0 aliphatic heterocycles. The second kappa shape index (κ2) is 7.52. The van der Waals surface area contributed by atoms with Gasteiger partial charge in [-0.15, -0.1) is 11.3 Å². The standard InChI is InChI=1S/C17H23BrN2S/c1-5-19-10-16-15(8-11(2)3)20-17(21-16)14-7-6-13(18)9-12(14)4/h6-7,9,11,19H,5,8,10H2,1-4H3. The van der Waals surface area contributed by atoms with E-state index in [0.717, 1.165) is 29.0 Å². The van der Waals surface area contributed by atoms with Gasteiger partial charge in [0.2, 0.25) is 0 Å². The first-order valence-electron chi connectivity index (χ1n) is 7.47. The zero-order valence-corrected chi connectivity index (χ0v) is 15.6. The lowest BCUT2D eigenvalue weighted by molar-refractivity contribution is 0.628. The van der Waals surface area contributed by atoms with Gasteiger partial charge in [-0.3, -0.25) is 0 Å². The molecule has 0 aliphatic rings. The molecule has 0 radical (unpaired) electrons. The molecule has 0 amide bonds. The van der Waals surface area contributed by atoms with Crippen LogP contribution >= 0.6 is 27.3 Å². The van der Waals surface area contributed by atoms with E-state index in [1.807, 2.05) is 11.3 Å². The third kappa shape index (κ3) is 4.38. The van der Waals surface area contributed by atoms with Crippen LogP contribution in [0.25, 0.3) is 10.6 Å². The van der Waals surface area contributed by atoms with E-state index in [1.54, 1.807) is 0 Å². The van der Waals surface area contributed by atoms with Crippen molar-refractivity contribution in [1.29, 1.82) is 0 Å². The summed E-state index contributed by atoms with van der Waals surface area (Å²) in [6.07, 6.45) is 1.05. The molecule has 1 aromatic carbocycles. The highest BCUT2D eigenvalue weighted by Gasteiger charge is 2.14. The predicted molar refractivity (Wildman–Crippen MR) is 95.9 cm³/mol. The van der Waals surface area contributed by atoms with E-state index < -0.39 is 0 Å². The first-order valence-corrected chi connectivity index (χ1v) is 9.08. The lowest BCUT2D eigenvalue weighted by atomic mass is 10.1. The van der Waals surface area contributed by atoms with Crippen LogP contribution in [-0.4, -0.2) is 11.5 Å². The average molecular weight is 367 g/mol. The van der Waals surface area contributed by atoms with E-state index in [4.69, 9.17) is 4.98 Å². The molecular formula is C17H23BrN2S. The van der Waals surface area contributed by atoms with Crippen LogP contribution in [0, 0.1) is 12.8 Å². The van der Waals surface area contributed by atoms with Gasteiger partial charge in [-0.25, -0.2) is 4.98 Å². The van der Waals surface area contributed by atoms with Gasteiger partial charge in [0.25, 0.3) is 0 Å². The SMILES string of the molecule is CCNCc1sc(-c2ccc(Br)cc2C)nc1CC(C)C. The van der Waals surface area contributed by atoms with Gasteiger partial charge in [0.1, 0.15) is 5.01 Å². The molecule has 21 heavy (non-hydrogen) atoms. The number of aryl methyl sites for hydroxylation is 1. The van der Waals surface area contributed by atoms with Crippen molar-refractivity contribution in [1.82, 2.24) is 10.3 Å². The van der Waals surface area contributed by atoms with Crippen LogP contribution in [-0.2, 0) is 13.0 Å². The van der Waals surface area contributed by atoms with E-state index in [9.17, 15) is 0 Å². The maximum atomic E-state index is 4.93. The Morgan fingerprint density at radius 3 is 2.71 bits per heavy atom. The van der Waals surface area contributed by atoms with Crippen molar-refractivity contribution in [3.63, 3.8) is 0 Å². The number of hydrogen-bond donors (Lipinski definition) is 1. The van der Waals surface area contributed by atoms with E-state index in [0.29, 0.717) is 5.92 Å². The summed E-state index contributed by atoms with van der Waals surface area (Å²) in [4.78, 5) is 6.30. The summed E-state index contributed by atoms with van der Waals surface area (Å²) in [5.74, 6) is 0.631. The Kier molecular flexibility index (Phi) is 5.97. The number of hydrogen-bond acceptors (Lipinski definition) is 3. The normalized spacial score (nSPS) is 11.3. The lowest BCUT2D eigenvalue weighted by Crippen LogP contribution is -2.12. The molecule has 2 aromatic rings. The third-order valence-electron chi connectivity index (χ3n) is 3.33. The van der Waals surface area contributed by atoms with Gasteiger partial charge in [-0.05, 0) is 43.5 Å². The van der Waals surface area contributed by atoms with Gasteiger partial charge in [0.05, 0.1) is 5.69 Å². The fourth-order valence-corrected chi connectivity index (χ4v) is 3.91. The first-order chi connectivity index (χ1) is 10.0. The van der Waals surface area contributed by atoms with Gasteiger partial charge in [-0.2, -0.15) is 0 Å². The monoisotopic (exact) mass is 366 g/mol. The summed E-state index contributed by atoms with van der Waals surface area (Å²) in [6.45, 7) is 10.7. The van der Waals surface area contributed by atoms with Crippen LogP contribution in [0.2, 0.25) is 0 Å². The zero-order chi connectivity index (χ0) is 15.4. The Balaban J connectivity index is 2.37. The quantitative estimate of drug-likeness (QED) is 0.760. The van der Waals surface area contributed by atoms with Crippen LogP contribution in [0.5, 0.6) is 0 Å². The van der Waals surface area contributed by atoms with Gasteiger partial charge >= 0.3 is 0 Å². The summed E-state index contributed by atoms with van der Waals surface area (Å²) in [7, 11) is 0. The van der Waals surface area contributed by atoms with E-state index in [-0.39, 0.29) is 0 Å². The molecular weight excluding hydrogens is 344 g/mol. The lowest BCUT2D eigenvalue weighted by Gasteiger charge is -2.05. The molecule has 0 saturated heterocycles. The van der Waals surface area contributed by atoms with Crippen molar-refractivity contribution in [2.45, 2.75) is 40.7 Å². The van der Waals surface area contributed by atoms with Gasteiger partial charge in [0.15, 0.2) is 0 Å². The van der Waals surface area contributed by atoms with Gasteiger partial charge in [0, 0.05) is 21.5 Å². The molecule has 2 nitrogen and oxygen atoms in total. The minimum absolute atomic E-state index is 0.631. The summed E-state index contributed by atoms with van der Waals surface area (Å²) < 4.78 is 1.12. The highest BCUT2D eigenvalue weighted by molar-refractivity contribution is 9.10. The molecule has 0 bridgehead atoms. The Hall–Kier alpha value is -0.710. The Labute approximate surface area is 140 Å². The fraction of sp³-hybridized carbons (Fsp3) is 0.471. The van der Waals surface area contributed by atoms with E-state index in [1.165, 1.54) is 21.7 Å². The van der Waals surface area contributed by atoms with Crippen molar-refractivity contribution in [2.75, 3.05) is 6.54 Å². The molecule has 0 spiro atoms. The maximum absolute atomic E-state index is 4.93. The van der Waals surface area contributed by atoms with Crippen molar-refractivity contribution < 1.29 is 0 Å². The minimum Gasteiger partial charge on any atom is -0.312 e. The summed E-state index contributed by atoms with van der Waals surface area (Å²) >= 11 is 5.35. The summed E-state index contributed by atoms with van der Waals surface area (Å²) in [5, 5.41) is 4.57. The molecule has 0 fully saturated rings. The number of aromatic nitrogens is 1. The predicted octanol–water partition coefficient (Wildman–Crippen LogP) is 5.19. The number of benzene rings is 1. The average Bonchev–Trinajstić information content (AvgIpc) is 2.78. The molecule has 2 rings (SSSR count). The van der Waals surface area contributed by atoms with Crippen LogP contribution in [0.1, 0.15) is 36.9 Å². The molecule has 4 heteroatoms. The van der Waals surface area contributed by atoms with Crippen LogP contribution in [0.15, 0.2) is 22.7 Å². The molecule has 114 valence electrons. The molecule has 0 saturated carbocycles. The first kappa shape index (κ1) is 16.7. The third-order valence-corrected chi connectivity index (χ3v) is 4.96. The number of nitrogens with zero attached hydrogens (tertiary/aromatic N) is 1. The molecule has 1 N–H and O–H groups in total. The van der Waals surface area contributed by atoms with Crippen molar-refractivity contribution in [2.24, 2.45) is 5.92 Å². The number of thiazole rings is 1. The second-order valence-electron chi connectivity index (χ2n) is 5.73. The van der Waals surface area contributed by atoms with Crippen LogP contribution in [0.4, 0.5) is 0 Å². The highest BCUT2D eigenvalue weighted by atomic mass is 79.9. The molecule has 0 atom stereocenters. The molecule has 1 aromatic heterocycles. The Bertz CT molecular complexity index is 605. The molecule has 0 unspecified atom stereocenters. The van der Waals surface area contributed by atoms with Crippen LogP contribution < -0.4 is 5.32 Å². The van der Waals surface area contributed by atoms with E-state index in [2.05, 4.69) is 67.1 Å². The molecule has 1 heterocycles. The minimum atomic E-state index is 0.631. The zero-order valence-electron chi connectivity index (χ0n) is 13.2. The van der Waals surface area contributed by atoms with Crippen LogP contribution in [0.3, 0.4) is 0 Å². The largest absolute Gasteiger partial charge is 0.312 e. The van der Waals surface area contributed by atoms with Gasteiger partial charge < -0.3 is 5.32 Å². The van der Waals surface area contributed by atoms with Crippen molar-refractivity contribution >= 4 is 27.3 Å². The second-order valence-corrected chi connectivity index (χ2v) is 7.73. The van der Waals surface area contributed by atoms with E-state index >= 15 is 0 Å². The number of rotatable bonds is 6. The number of nitrogens with one attached hydrogen (secondary N) is 1. The highest BCUT2D eigenvalue weighted by Crippen LogP contribution is 2.32. The topological polar surface area (TPSA) is 24.9 Å². The van der Waals surface area contributed by atoms with Crippen molar-refractivity contribution in [3.8, 4) is 10.6 Å². The summed E-state index contributed by atoms with van der Waals surface area (Å²) in [5.41, 5.74) is 3.77. The Morgan fingerprint density at radius 1 is 1.33 bits per heavy atom. The van der Waals surface area contributed by atoms with Gasteiger partial charge in [-0.1, -0.05) is 42.8 Å².